The Hall–Kier alpha value is -1.56. The van der Waals surface area contributed by atoms with E-state index in [4.69, 9.17) is 0 Å². The van der Waals surface area contributed by atoms with E-state index < -0.39 is 11.7 Å². The van der Waals surface area contributed by atoms with Crippen LogP contribution in [-0.2, 0) is 17.4 Å². The van der Waals surface area contributed by atoms with Crippen molar-refractivity contribution in [1.29, 1.82) is 0 Å². The monoisotopic (exact) mass is 340 g/mol. The van der Waals surface area contributed by atoms with Gasteiger partial charge in [0.05, 0.1) is 5.56 Å². The first-order chi connectivity index (χ1) is 11.3. The first kappa shape index (κ1) is 17.3. The number of rotatable bonds is 3. The average Bonchev–Trinajstić information content (AvgIpc) is 2.85. The van der Waals surface area contributed by atoms with Gasteiger partial charge in [-0.25, -0.2) is 0 Å². The van der Waals surface area contributed by atoms with Crippen molar-refractivity contribution in [2.45, 2.75) is 50.9 Å². The molecule has 2 aliphatic rings. The minimum absolute atomic E-state index is 0.0433. The summed E-state index contributed by atoms with van der Waals surface area (Å²) in [6, 6.07) is 6.15. The first-order valence-electron chi connectivity index (χ1n) is 8.54. The Morgan fingerprint density at radius 3 is 2.79 bits per heavy atom. The van der Waals surface area contributed by atoms with Gasteiger partial charge in [0.1, 0.15) is 0 Å². The largest absolute Gasteiger partial charge is 0.416 e. The second-order valence-electron chi connectivity index (χ2n) is 7.01. The maximum Gasteiger partial charge on any atom is 0.416 e. The third kappa shape index (κ3) is 3.91. The molecule has 2 heterocycles. The summed E-state index contributed by atoms with van der Waals surface area (Å²) < 4.78 is 38.4. The SMILES string of the molecule is CC(Cc1cccc(C(F)(F)F)c1)C(=O)N1CCC2CCC(C1)N2. The topological polar surface area (TPSA) is 32.3 Å². The molecule has 6 heteroatoms. The summed E-state index contributed by atoms with van der Waals surface area (Å²) in [6.07, 6.45) is -0.790. The Morgan fingerprint density at radius 2 is 2.04 bits per heavy atom. The lowest BCUT2D eigenvalue weighted by Gasteiger charge is -2.27. The Bertz CT molecular complexity index is 602. The molecular weight excluding hydrogens is 317 g/mol. The molecule has 0 aromatic heterocycles. The minimum Gasteiger partial charge on any atom is -0.341 e. The number of fused-ring (bicyclic) bond motifs is 2. The maximum atomic E-state index is 12.8. The lowest BCUT2D eigenvalue weighted by Crippen LogP contribution is -2.41. The van der Waals surface area contributed by atoms with E-state index in [9.17, 15) is 18.0 Å². The highest BCUT2D eigenvalue weighted by Crippen LogP contribution is 2.30. The van der Waals surface area contributed by atoms with Gasteiger partial charge in [-0.05, 0) is 37.3 Å². The zero-order chi connectivity index (χ0) is 17.3. The van der Waals surface area contributed by atoms with E-state index in [2.05, 4.69) is 5.32 Å². The van der Waals surface area contributed by atoms with Gasteiger partial charge in [-0.3, -0.25) is 4.79 Å². The number of nitrogens with zero attached hydrogens (tertiary/aromatic N) is 1. The lowest BCUT2D eigenvalue weighted by atomic mass is 9.97. The van der Waals surface area contributed by atoms with Gasteiger partial charge in [0, 0.05) is 31.1 Å². The molecule has 1 aromatic rings. The van der Waals surface area contributed by atoms with Crippen LogP contribution in [0.2, 0.25) is 0 Å². The predicted octanol–water partition coefficient (Wildman–Crippen LogP) is 3.24. The van der Waals surface area contributed by atoms with Gasteiger partial charge in [-0.2, -0.15) is 13.2 Å². The molecule has 2 bridgehead atoms. The van der Waals surface area contributed by atoms with Crippen LogP contribution in [0.4, 0.5) is 13.2 Å². The van der Waals surface area contributed by atoms with Crippen LogP contribution < -0.4 is 5.32 Å². The molecule has 1 amide bonds. The van der Waals surface area contributed by atoms with E-state index in [1.54, 1.807) is 13.0 Å². The lowest BCUT2D eigenvalue weighted by molar-refractivity contribution is -0.137. The number of nitrogens with one attached hydrogen (secondary N) is 1. The van der Waals surface area contributed by atoms with E-state index in [-0.39, 0.29) is 11.8 Å². The van der Waals surface area contributed by atoms with Gasteiger partial charge in [-0.1, -0.05) is 25.1 Å². The molecule has 0 aliphatic carbocycles. The van der Waals surface area contributed by atoms with E-state index >= 15 is 0 Å². The molecule has 0 radical (unpaired) electrons. The highest BCUT2D eigenvalue weighted by molar-refractivity contribution is 5.79. The number of amides is 1. The Labute approximate surface area is 140 Å². The molecule has 2 aliphatic heterocycles. The number of carbonyl (C=O) groups is 1. The van der Waals surface area contributed by atoms with E-state index in [0.717, 1.165) is 31.5 Å². The second kappa shape index (κ2) is 6.75. The van der Waals surface area contributed by atoms with Crippen LogP contribution in [-0.4, -0.2) is 36.0 Å². The zero-order valence-corrected chi connectivity index (χ0v) is 13.8. The Morgan fingerprint density at radius 1 is 1.29 bits per heavy atom. The summed E-state index contributed by atoms with van der Waals surface area (Å²) in [5.41, 5.74) is -0.101. The Kier molecular flexibility index (Phi) is 4.85. The Balaban J connectivity index is 1.64. The molecule has 2 saturated heterocycles. The van der Waals surface area contributed by atoms with Crippen molar-refractivity contribution in [2.24, 2.45) is 5.92 Å². The number of halogens is 3. The number of carbonyl (C=O) groups excluding carboxylic acids is 1. The molecule has 132 valence electrons. The summed E-state index contributed by atoms with van der Waals surface area (Å²) in [5, 5.41) is 3.53. The third-order valence-corrected chi connectivity index (χ3v) is 5.05. The van der Waals surface area contributed by atoms with Crippen molar-refractivity contribution in [3.05, 3.63) is 35.4 Å². The van der Waals surface area contributed by atoms with Gasteiger partial charge in [-0.15, -0.1) is 0 Å². The number of benzene rings is 1. The summed E-state index contributed by atoms with van der Waals surface area (Å²) in [7, 11) is 0. The van der Waals surface area contributed by atoms with Crippen LogP contribution in [0.5, 0.6) is 0 Å². The highest BCUT2D eigenvalue weighted by Gasteiger charge is 2.33. The van der Waals surface area contributed by atoms with Crippen molar-refractivity contribution in [3.8, 4) is 0 Å². The summed E-state index contributed by atoms with van der Waals surface area (Å²) in [5.74, 6) is -0.271. The quantitative estimate of drug-likeness (QED) is 0.916. The fraction of sp³-hybridized carbons (Fsp3) is 0.611. The first-order valence-corrected chi connectivity index (χ1v) is 8.54. The number of alkyl halides is 3. The van der Waals surface area contributed by atoms with Gasteiger partial charge in [0.25, 0.3) is 0 Å². The second-order valence-corrected chi connectivity index (χ2v) is 7.01. The van der Waals surface area contributed by atoms with Crippen LogP contribution in [0.1, 0.15) is 37.3 Å². The fourth-order valence-electron chi connectivity index (χ4n) is 3.77. The van der Waals surface area contributed by atoms with Crippen LogP contribution in [0.3, 0.4) is 0 Å². The van der Waals surface area contributed by atoms with Gasteiger partial charge in [0.15, 0.2) is 0 Å². The summed E-state index contributed by atoms with van der Waals surface area (Å²) in [4.78, 5) is 14.6. The molecule has 0 saturated carbocycles. The fourth-order valence-corrected chi connectivity index (χ4v) is 3.77. The molecular formula is C18H23F3N2O. The highest BCUT2D eigenvalue weighted by atomic mass is 19.4. The number of hydrogen-bond donors (Lipinski definition) is 1. The van der Waals surface area contributed by atoms with Crippen molar-refractivity contribution in [3.63, 3.8) is 0 Å². The third-order valence-electron chi connectivity index (χ3n) is 5.05. The standard InChI is InChI=1S/C18H23F3N2O/c1-12(9-13-3-2-4-14(10-13)18(19,20)21)17(24)23-8-7-15-5-6-16(11-23)22-15/h2-4,10,12,15-16,22H,5-9,11H2,1H3. The molecule has 3 unspecified atom stereocenters. The van der Waals surface area contributed by atoms with Crippen LogP contribution in [0.15, 0.2) is 24.3 Å². The molecule has 2 fully saturated rings. The van der Waals surface area contributed by atoms with Crippen LogP contribution in [0.25, 0.3) is 0 Å². The number of hydrogen-bond acceptors (Lipinski definition) is 2. The maximum absolute atomic E-state index is 12.8. The minimum atomic E-state index is -4.35. The predicted molar refractivity (Wildman–Crippen MR) is 85.5 cm³/mol. The van der Waals surface area contributed by atoms with Crippen molar-refractivity contribution in [1.82, 2.24) is 10.2 Å². The van der Waals surface area contributed by atoms with Crippen molar-refractivity contribution < 1.29 is 18.0 Å². The normalized spacial score (nSPS) is 25.4. The van der Waals surface area contributed by atoms with E-state index in [0.29, 0.717) is 30.6 Å². The molecule has 3 nitrogen and oxygen atoms in total. The molecule has 1 N–H and O–H groups in total. The summed E-state index contributed by atoms with van der Waals surface area (Å²) in [6.45, 7) is 3.25. The van der Waals surface area contributed by atoms with Gasteiger partial charge >= 0.3 is 6.18 Å². The van der Waals surface area contributed by atoms with Gasteiger partial charge in [0.2, 0.25) is 5.91 Å². The molecule has 24 heavy (non-hydrogen) atoms. The van der Waals surface area contributed by atoms with Gasteiger partial charge < -0.3 is 10.2 Å². The van der Waals surface area contributed by atoms with E-state index in [1.807, 2.05) is 4.90 Å². The molecule has 0 spiro atoms. The van der Waals surface area contributed by atoms with E-state index in [1.165, 1.54) is 12.5 Å². The van der Waals surface area contributed by atoms with Crippen molar-refractivity contribution >= 4 is 5.91 Å². The molecule has 1 aromatic carbocycles. The van der Waals surface area contributed by atoms with Crippen LogP contribution >= 0.6 is 0 Å². The smallest absolute Gasteiger partial charge is 0.341 e. The zero-order valence-electron chi connectivity index (χ0n) is 13.8. The summed E-state index contributed by atoms with van der Waals surface area (Å²) >= 11 is 0. The van der Waals surface area contributed by atoms with Crippen LogP contribution in [0, 0.1) is 5.92 Å². The average molecular weight is 340 g/mol. The molecule has 3 rings (SSSR count). The van der Waals surface area contributed by atoms with Crippen molar-refractivity contribution in [2.75, 3.05) is 13.1 Å². The molecule has 3 atom stereocenters. The number of likely N-dealkylation sites (tertiary alicyclic amines) is 1.